The van der Waals surface area contributed by atoms with E-state index in [1.807, 2.05) is 24.3 Å². The molecule has 1 unspecified atom stereocenters. The zero-order valence-electron chi connectivity index (χ0n) is 12.6. The first-order valence-electron chi connectivity index (χ1n) is 7.44. The van der Waals surface area contributed by atoms with Crippen LogP contribution in [0.3, 0.4) is 0 Å². The highest BCUT2D eigenvalue weighted by Gasteiger charge is 2.12. The summed E-state index contributed by atoms with van der Waals surface area (Å²) in [5.74, 6) is 0. The molecule has 0 aliphatic carbocycles. The quantitative estimate of drug-likeness (QED) is 0.766. The lowest BCUT2D eigenvalue weighted by molar-refractivity contribution is 0.634. The third kappa shape index (κ3) is 3.00. The normalized spacial score (nSPS) is 12.0. The Labute approximate surface area is 131 Å². The summed E-state index contributed by atoms with van der Waals surface area (Å²) in [5.41, 5.74) is 3.47. The lowest BCUT2D eigenvalue weighted by Crippen LogP contribution is -2.19. The van der Waals surface area contributed by atoms with E-state index in [0.717, 1.165) is 16.3 Å². The fraction of sp³-hybridized carbons (Fsp3) is 0.150. The summed E-state index contributed by atoms with van der Waals surface area (Å²) >= 11 is 0. The van der Waals surface area contributed by atoms with E-state index < -0.39 is 0 Å². The minimum absolute atomic E-state index is 0.313. The van der Waals surface area contributed by atoms with Gasteiger partial charge in [0, 0.05) is 6.54 Å². The summed E-state index contributed by atoms with van der Waals surface area (Å²) in [4.78, 5) is 0. The molecule has 3 aromatic rings. The average molecular weight is 286 g/mol. The fourth-order valence-electron chi connectivity index (χ4n) is 2.65. The van der Waals surface area contributed by atoms with Crippen molar-refractivity contribution in [2.24, 2.45) is 0 Å². The molecule has 108 valence electrons. The maximum atomic E-state index is 9.55. The molecule has 0 aromatic heterocycles. The van der Waals surface area contributed by atoms with E-state index >= 15 is 0 Å². The Bertz CT molecular complexity index is 808. The van der Waals surface area contributed by atoms with Crippen molar-refractivity contribution in [3.63, 3.8) is 0 Å². The molecule has 0 bridgehead atoms. The predicted molar refractivity (Wildman–Crippen MR) is 90.3 cm³/mol. The van der Waals surface area contributed by atoms with E-state index in [1.54, 1.807) is 0 Å². The molecule has 3 rings (SSSR count). The molecule has 0 spiro atoms. The molecule has 1 atom stereocenters. The van der Waals surface area contributed by atoms with Crippen molar-refractivity contribution in [3.8, 4) is 6.07 Å². The van der Waals surface area contributed by atoms with Gasteiger partial charge in [-0.1, -0.05) is 72.3 Å². The lowest BCUT2D eigenvalue weighted by atomic mass is 9.99. The first-order valence-corrected chi connectivity index (χ1v) is 7.44. The van der Waals surface area contributed by atoms with Gasteiger partial charge in [0.2, 0.25) is 0 Å². The maximum Gasteiger partial charge on any atom is 0.122 e. The van der Waals surface area contributed by atoms with Gasteiger partial charge in [-0.15, -0.1) is 0 Å². The number of benzene rings is 3. The molecule has 2 heteroatoms. The van der Waals surface area contributed by atoms with Gasteiger partial charge in [-0.25, -0.2) is 0 Å². The van der Waals surface area contributed by atoms with Crippen molar-refractivity contribution in [2.45, 2.75) is 19.5 Å². The van der Waals surface area contributed by atoms with Crippen LogP contribution in [0.2, 0.25) is 0 Å². The van der Waals surface area contributed by atoms with Gasteiger partial charge in [0.15, 0.2) is 0 Å². The third-order valence-corrected chi connectivity index (χ3v) is 3.89. The van der Waals surface area contributed by atoms with Crippen molar-refractivity contribution in [1.29, 1.82) is 5.26 Å². The topological polar surface area (TPSA) is 35.8 Å². The van der Waals surface area contributed by atoms with Crippen LogP contribution in [-0.2, 0) is 6.54 Å². The van der Waals surface area contributed by atoms with Crippen LogP contribution in [0.1, 0.15) is 22.7 Å². The Morgan fingerprint density at radius 1 is 0.955 bits per heavy atom. The summed E-state index contributed by atoms with van der Waals surface area (Å²) in [6.07, 6.45) is 0. The van der Waals surface area contributed by atoms with Gasteiger partial charge in [-0.2, -0.15) is 5.26 Å². The second kappa shape index (κ2) is 6.43. The number of fused-ring (bicyclic) bond motifs is 1. The molecular formula is C20H18N2. The molecule has 0 fully saturated rings. The van der Waals surface area contributed by atoms with E-state index in [2.05, 4.69) is 60.8 Å². The molecule has 0 heterocycles. The summed E-state index contributed by atoms with van der Waals surface area (Å²) in [6.45, 7) is 2.76. The average Bonchev–Trinajstić information content (AvgIpc) is 2.57. The number of hydrogen-bond donors (Lipinski definition) is 1. The first kappa shape index (κ1) is 14.3. The number of rotatable bonds is 4. The van der Waals surface area contributed by atoms with E-state index in [-0.39, 0.29) is 6.04 Å². The van der Waals surface area contributed by atoms with Crippen LogP contribution >= 0.6 is 0 Å². The Morgan fingerprint density at radius 3 is 2.45 bits per heavy atom. The van der Waals surface area contributed by atoms with Gasteiger partial charge >= 0.3 is 0 Å². The van der Waals surface area contributed by atoms with Crippen LogP contribution in [0.4, 0.5) is 0 Å². The summed E-state index contributed by atoms with van der Waals surface area (Å²) < 4.78 is 0. The zero-order valence-corrected chi connectivity index (χ0v) is 12.6. The molecule has 2 nitrogen and oxygen atoms in total. The second-order valence-corrected chi connectivity index (χ2v) is 5.50. The van der Waals surface area contributed by atoms with Crippen molar-refractivity contribution in [3.05, 3.63) is 83.4 Å². The highest BCUT2D eigenvalue weighted by atomic mass is 14.9. The standard InChI is InChI=1S/C20H18N2/c1-15-9-11-16(12-10-15)14-22-20(13-21)19-8-4-6-17-5-2-3-7-18(17)19/h2-12,20,22H,14H2,1H3. The van der Waals surface area contributed by atoms with Gasteiger partial charge in [0.05, 0.1) is 6.07 Å². The van der Waals surface area contributed by atoms with Crippen LogP contribution in [0, 0.1) is 18.3 Å². The molecule has 0 radical (unpaired) electrons. The Hall–Kier alpha value is -2.63. The molecule has 0 aliphatic heterocycles. The van der Waals surface area contributed by atoms with Gasteiger partial charge in [-0.05, 0) is 28.8 Å². The Balaban J connectivity index is 1.84. The molecule has 0 saturated carbocycles. The monoisotopic (exact) mass is 286 g/mol. The smallest absolute Gasteiger partial charge is 0.122 e. The molecule has 0 amide bonds. The molecule has 0 saturated heterocycles. The lowest BCUT2D eigenvalue weighted by Gasteiger charge is -2.14. The van der Waals surface area contributed by atoms with Gasteiger partial charge in [0.25, 0.3) is 0 Å². The minimum Gasteiger partial charge on any atom is -0.294 e. The molecule has 0 aliphatic rings. The van der Waals surface area contributed by atoms with Gasteiger partial charge in [-0.3, -0.25) is 5.32 Å². The van der Waals surface area contributed by atoms with Crippen molar-refractivity contribution in [1.82, 2.24) is 5.32 Å². The van der Waals surface area contributed by atoms with Crippen molar-refractivity contribution >= 4 is 10.8 Å². The largest absolute Gasteiger partial charge is 0.294 e. The van der Waals surface area contributed by atoms with Crippen molar-refractivity contribution < 1.29 is 0 Å². The van der Waals surface area contributed by atoms with Crippen LogP contribution in [0.15, 0.2) is 66.7 Å². The molecule has 3 aromatic carbocycles. The molecule has 1 N–H and O–H groups in total. The highest BCUT2D eigenvalue weighted by molar-refractivity contribution is 5.86. The maximum absolute atomic E-state index is 9.55. The van der Waals surface area contributed by atoms with E-state index in [9.17, 15) is 5.26 Å². The number of nitrogens with zero attached hydrogens (tertiary/aromatic N) is 1. The third-order valence-electron chi connectivity index (χ3n) is 3.89. The Kier molecular flexibility index (Phi) is 4.18. The van der Waals surface area contributed by atoms with E-state index in [1.165, 1.54) is 11.1 Å². The SMILES string of the molecule is Cc1ccc(CNC(C#N)c2cccc3ccccc23)cc1. The minimum atomic E-state index is -0.313. The number of hydrogen-bond acceptors (Lipinski definition) is 2. The first-order chi connectivity index (χ1) is 10.8. The van der Waals surface area contributed by atoms with Crippen LogP contribution in [-0.4, -0.2) is 0 Å². The van der Waals surface area contributed by atoms with E-state index in [4.69, 9.17) is 0 Å². The number of nitrogens with one attached hydrogen (secondary N) is 1. The van der Waals surface area contributed by atoms with Crippen LogP contribution in [0.5, 0.6) is 0 Å². The van der Waals surface area contributed by atoms with Crippen molar-refractivity contribution in [2.75, 3.05) is 0 Å². The number of nitriles is 1. The van der Waals surface area contributed by atoms with E-state index in [0.29, 0.717) is 6.54 Å². The fourth-order valence-corrected chi connectivity index (χ4v) is 2.65. The van der Waals surface area contributed by atoms with Crippen LogP contribution < -0.4 is 5.32 Å². The summed E-state index contributed by atoms with van der Waals surface area (Å²) in [5, 5.41) is 15.2. The predicted octanol–water partition coefficient (Wildman–Crippen LogP) is 4.50. The Morgan fingerprint density at radius 2 is 1.68 bits per heavy atom. The summed E-state index contributed by atoms with van der Waals surface area (Å²) in [7, 11) is 0. The van der Waals surface area contributed by atoms with Gasteiger partial charge < -0.3 is 0 Å². The summed E-state index contributed by atoms with van der Waals surface area (Å²) in [6, 6.07) is 24.7. The second-order valence-electron chi connectivity index (χ2n) is 5.50. The van der Waals surface area contributed by atoms with Crippen LogP contribution in [0.25, 0.3) is 10.8 Å². The van der Waals surface area contributed by atoms with Gasteiger partial charge in [0.1, 0.15) is 6.04 Å². The zero-order chi connectivity index (χ0) is 15.4. The number of aryl methyl sites for hydroxylation is 1. The highest BCUT2D eigenvalue weighted by Crippen LogP contribution is 2.24. The molecule has 22 heavy (non-hydrogen) atoms. The molecular weight excluding hydrogens is 268 g/mol.